The summed E-state index contributed by atoms with van der Waals surface area (Å²) in [5.41, 5.74) is 1.54. The first kappa shape index (κ1) is 10.1. The molecule has 0 radical (unpaired) electrons. The van der Waals surface area contributed by atoms with Crippen molar-refractivity contribution in [2.75, 3.05) is 0 Å². The van der Waals surface area contributed by atoms with Gasteiger partial charge in [0.25, 0.3) is 0 Å². The smallest absolute Gasteiger partial charge is 0.0729 e. The summed E-state index contributed by atoms with van der Waals surface area (Å²) in [6.07, 6.45) is 3.42. The fourth-order valence-corrected chi connectivity index (χ4v) is 2.29. The number of benzene rings is 1. The maximum absolute atomic E-state index is 11.2. The third-order valence-corrected chi connectivity index (χ3v) is 3.15. The molecule has 0 fully saturated rings. The summed E-state index contributed by atoms with van der Waals surface area (Å²) in [4.78, 5) is 2.86. The highest BCUT2D eigenvalue weighted by molar-refractivity contribution is 7.79. The number of rotatable bonds is 3. The van der Waals surface area contributed by atoms with E-state index < -0.39 is 16.3 Å². The fraction of sp³-hybridized carbons (Fsp3) is 0.0909. The first-order valence-electron chi connectivity index (χ1n) is 4.55. The molecule has 2 unspecified atom stereocenters. The van der Waals surface area contributed by atoms with Gasteiger partial charge in [-0.1, -0.05) is 30.3 Å². The van der Waals surface area contributed by atoms with Gasteiger partial charge in [0.2, 0.25) is 0 Å². The van der Waals surface area contributed by atoms with E-state index >= 15 is 0 Å². The van der Waals surface area contributed by atoms with Gasteiger partial charge in [-0.25, -0.2) is 0 Å². The number of hydrogen-bond acceptors (Lipinski definition) is 2. The SMILES string of the molecule is O=S([O-])C(c1ccccc1)c1cc[nH]c1. The molecule has 0 aliphatic carbocycles. The summed E-state index contributed by atoms with van der Waals surface area (Å²) >= 11 is -2.15. The Morgan fingerprint density at radius 1 is 1.13 bits per heavy atom. The molecule has 3 nitrogen and oxygen atoms in total. The summed E-state index contributed by atoms with van der Waals surface area (Å²) in [7, 11) is 0. The molecule has 0 aliphatic rings. The first-order valence-corrected chi connectivity index (χ1v) is 5.68. The van der Waals surface area contributed by atoms with Crippen LogP contribution in [0.5, 0.6) is 0 Å². The molecule has 0 aliphatic heterocycles. The third-order valence-electron chi connectivity index (χ3n) is 2.22. The third kappa shape index (κ3) is 2.16. The molecule has 15 heavy (non-hydrogen) atoms. The normalized spacial score (nSPS) is 14.7. The molecule has 1 heterocycles. The topological polar surface area (TPSA) is 55.9 Å². The van der Waals surface area contributed by atoms with Crippen molar-refractivity contribution < 1.29 is 8.76 Å². The van der Waals surface area contributed by atoms with Crippen LogP contribution < -0.4 is 0 Å². The van der Waals surface area contributed by atoms with Crippen LogP contribution in [-0.4, -0.2) is 13.7 Å². The Bertz CT molecular complexity index is 439. The monoisotopic (exact) mass is 220 g/mol. The minimum atomic E-state index is -2.15. The van der Waals surface area contributed by atoms with Gasteiger partial charge in [-0.2, -0.15) is 0 Å². The van der Waals surface area contributed by atoms with Gasteiger partial charge in [-0.3, -0.25) is 4.21 Å². The molecule has 2 atom stereocenters. The van der Waals surface area contributed by atoms with Gasteiger partial charge in [0.1, 0.15) is 0 Å². The Balaban J connectivity index is 2.42. The van der Waals surface area contributed by atoms with Crippen molar-refractivity contribution in [1.29, 1.82) is 0 Å². The van der Waals surface area contributed by atoms with E-state index in [0.717, 1.165) is 11.1 Å². The van der Waals surface area contributed by atoms with Crippen molar-refractivity contribution in [3.05, 3.63) is 59.9 Å². The van der Waals surface area contributed by atoms with Crippen molar-refractivity contribution >= 4 is 11.1 Å². The number of aromatic nitrogens is 1. The fourth-order valence-electron chi connectivity index (χ4n) is 1.54. The van der Waals surface area contributed by atoms with E-state index in [1.54, 1.807) is 18.5 Å². The zero-order valence-electron chi connectivity index (χ0n) is 7.92. The molecule has 2 rings (SSSR count). The maximum Gasteiger partial charge on any atom is 0.0729 e. The van der Waals surface area contributed by atoms with Crippen LogP contribution in [0, 0.1) is 0 Å². The minimum Gasteiger partial charge on any atom is -0.772 e. The number of nitrogens with one attached hydrogen (secondary N) is 1. The summed E-state index contributed by atoms with van der Waals surface area (Å²) < 4.78 is 22.4. The lowest BCUT2D eigenvalue weighted by molar-refractivity contribution is 0.530. The number of hydrogen-bond donors (Lipinski definition) is 1. The molecule has 0 amide bonds. The Morgan fingerprint density at radius 2 is 1.87 bits per heavy atom. The summed E-state index contributed by atoms with van der Waals surface area (Å²) in [6.45, 7) is 0. The average Bonchev–Trinajstić information content (AvgIpc) is 2.72. The molecule has 0 bridgehead atoms. The Morgan fingerprint density at radius 3 is 2.40 bits per heavy atom. The molecule has 78 valence electrons. The Hall–Kier alpha value is -1.39. The van der Waals surface area contributed by atoms with Crippen molar-refractivity contribution in [2.45, 2.75) is 5.25 Å². The molecule has 4 heteroatoms. The van der Waals surface area contributed by atoms with E-state index in [1.807, 2.05) is 30.3 Å². The summed E-state index contributed by atoms with van der Waals surface area (Å²) in [6, 6.07) is 10.9. The lowest BCUT2D eigenvalue weighted by atomic mass is 10.1. The zero-order chi connectivity index (χ0) is 10.7. The van der Waals surface area contributed by atoms with Gasteiger partial charge in [-0.05, 0) is 28.3 Å². The van der Waals surface area contributed by atoms with E-state index in [4.69, 9.17) is 0 Å². The van der Waals surface area contributed by atoms with Gasteiger partial charge in [-0.15, -0.1) is 0 Å². The second kappa shape index (κ2) is 4.42. The lowest BCUT2D eigenvalue weighted by Gasteiger charge is -2.18. The molecular weight excluding hydrogens is 210 g/mol. The zero-order valence-corrected chi connectivity index (χ0v) is 8.74. The van der Waals surface area contributed by atoms with E-state index in [-0.39, 0.29) is 0 Å². The molecule has 1 aromatic heterocycles. The van der Waals surface area contributed by atoms with Crippen molar-refractivity contribution in [3.8, 4) is 0 Å². The van der Waals surface area contributed by atoms with E-state index in [0.29, 0.717) is 0 Å². The quantitative estimate of drug-likeness (QED) is 0.804. The van der Waals surface area contributed by atoms with Gasteiger partial charge in [0.05, 0.1) is 5.25 Å². The molecule has 0 saturated heterocycles. The van der Waals surface area contributed by atoms with Crippen LogP contribution >= 0.6 is 0 Å². The predicted molar refractivity (Wildman–Crippen MR) is 58.0 cm³/mol. The van der Waals surface area contributed by atoms with Crippen LogP contribution in [0.4, 0.5) is 0 Å². The largest absolute Gasteiger partial charge is 0.772 e. The minimum absolute atomic E-state index is 0.586. The van der Waals surface area contributed by atoms with Gasteiger partial charge in [0.15, 0.2) is 0 Å². The van der Waals surface area contributed by atoms with Crippen molar-refractivity contribution in [2.24, 2.45) is 0 Å². The molecule has 1 aromatic carbocycles. The molecular formula is C11H10NO2S-. The van der Waals surface area contributed by atoms with E-state index in [2.05, 4.69) is 4.98 Å². The average molecular weight is 220 g/mol. The Labute approximate surface area is 90.4 Å². The van der Waals surface area contributed by atoms with Gasteiger partial charge < -0.3 is 9.54 Å². The van der Waals surface area contributed by atoms with Gasteiger partial charge >= 0.3 is 0 Å². The van der Waals surface area contributed by atoms with E-state index in [9.17, 15) is 8.76 Å². The van der Waals surface area contributed by atoms with E-state index in [1.165, 1.54) is 0 Å². The first-order chi connectivity index (χ1) is 7.29. The highest BCUT2D eigenvalue weighted by Gasteiger charge is 2.14. The van der Waals surface area contributed by atoms with Crippen LogP contribution in [0.2, 0.25) is 0 Å². The second-order valence-corrected chi connectivity index (χ2v) is 4.19. The summed E-state index contributed by atoms with van der Waals surface area (Å²) in [5.74, 6) is 0. The lowest BCUT2D eigenvalue weighted by Crippen LogP contribution is -2.06. The predicted octanol–water partition coefficient (Wildman–Crippen LogP) is 1.98. The highest BCUT2D eigenvalue weighted by Crippen LogP contribution is 2.26. The van der Waals surface area contributed by atoms with Crippen molar-refractivity contribution in [1.82, 2.24) is 4.98 Å². The Kier molecular flexibility index (Phi) is 2.99. The maximum atomic E-state index is 11.2. The molecule has 2 aromatic rings. The van der Waals surface area contributed by atoms with Crippen LogP contribution in [-0.2, 0) is 11.1 Å². The second-order valence-electron chi connectivity index (χ2n) is 3.20. The van der Waals surface area contributed by atoms with Crippen LogP contribution in [0.15, 0.2) is 48.8 Å². The van der Waals surface area contributed by atoms with Crippen LogP contribution in [0.3, 0.4) is 0 Å². The molecule has 1 N–H and O–H groups in total. The number of H-pyrrole nitrogens is 1. The highest BCUT2D eigenvalue weighted by atomic mass is 32.2. The standard InChI is InChI=1S/C11H11NO2S/c13-15(14)11(10-6-7-12-8-10)9-4-2-1-3-5-9/h1-8,11-12H,(H,13,14)/p-1. The van der Waals surface area contributed by atoms with Crippen LogP contribution in [0.1, 0.15) is 16.4 Å². The van der Waals surface area contributed by atoms with Crippen molar-refractivity contribution in [3.63, 3.8) is 0 Å². The summed E-state index contributed by atoms with van der Waals surface area (Å²) in [5, 5.41) is -0.586. The molecule has 0 saturated carbocycles. The number of aromatic amines is 1. The van der Waals surface area contributed by atoms with Crippen LogP contribution in [0.25, 0.3) is 0 Å². The van der Waals surface area contributed by atoms with Gasteiger partial charge in [0, 0.05) is 12.4 Å². The molecule has 0 spiro atoms.